The fourth-order valence-corrected chi connectivity index (χ4v) is 4.89. The molecular formula is C37H40F4N4O2S. The Bertz CT molecular complexity index is 2630. The normalized spacial score (nSPS) is 25.3. The molecule has 254 valence electrons. The molecule has 1 aromatic heterocycles. The average molecular weight is 700 g/mol. The first-order valence-corrected chi connectivity index (χ1v) is 15.1. The maximum atomic E-state index is 15.3. The van der Waals surface area contributed by atoms with E-state index in [2.05, 4.69) is 4.98 Å². The number of carbonyl (C=O) groups excluding carboxylic acids is 1. The van der Waals surface area contributed by atoms with Crippen LogP contribution >= 0.6 is 11.8 Å². The summed E-state index contributed by atoms with van der Waals surface area (Å²) in [5.74, 6) is -7.27. The topological polar surface area (TPSA) is 58.4 Å². The predicted molar refractivity (Wildman–Crippen MR) is 181 cm³/mol. The number of benzene rings is 3. The number of hydrogen-bond acceptors (Lipinski definition) is 5. The molecule has 0 fully saturated rings. The monoisotopic (exact) mass is 699 g/mol. The van der Waals surface area contributed by atoms with Gasteiger partial charge in [-0.15, -0.1) is 0 Å². The van der Waals surface area contributed by atoms with Crippen LogP contribution in [0.1, 0.15) is 74.8 Å². The number of thioether (sulfide) groups is 1. The van der Waals surface area contributed by atoms with Crippen LogP contribution in [-0.2, 0) is 42.4 Å². The SMILES string of the molecule is [2H]c1c([2H])c(C([2H])([2H])Sc2nc(=O)c3c(n2C([2H])([2H])C(=O)N(C([2H])([2H])c2ccc(-c4ccc(C(F)(F)F)cc4)cc2)C([2H])([2H])C([2H])([2H])N(CC)CC)C([2H])([2H])C([2H])(C)C3([2H])[2H])c([2H])c([2H])c1F. The third-order valence-corrected chi connectivity index (χ3v) is 7.45. The molecule has 0 spiro atoms. The van der Waals surface area contributed by atoms with E-state index < -0.39 is 148 Å². The first kappa shape index (κ1) is 18.2. The summed E-state index contributed by atoms with van der Waals surface area (Å²) < 4.78 is 222. The second-order valence-electron chi connectivity index (χ2n) is 9.94. The number of fused-ring (bicyclic) bond motifs is 1. The Labute approximate surface area is 309 Å². The number of nitrogens with zero attached hydrogens (tertiary/aromatic N) is 4. The molecule has 1 atom stereocenters. The molecule has 1 aliphatic carbocycles. The average Bonchev–Trinajstić information content (AvgIpc) is 3.31. The molecule has 0 N–H and O–H groups in total. The standard InChI is InChI=1S/C37H40F4N4O2S/c1-4-43(5-2)18-19-44(22-26-6-10-28(11-7-26)29-12-14-30(15-13-29)37(39,40)41)34(46)23-45-33-21-25(3)20-32(33)35(47)42-36(45)48-24-27-8-16-31(38)17-9-27/h6-17,25H,4-5,18-24H2,1-3H3/i8D,9D,16D,17D,18D2,19D2,20D2,21D2,22D2,23D2,24D2,25D. The molecule has 0 saturated carbocycles. The zero-order valence-electron chi connectivity index (χ0n) is 44.6. The molecular weight excluding hydrogens is 640 g/mol. The Kier molecular flexibility index (Phi) is 5.86. The van der Waals surface area contributed by atoms with Crippen LogP contribution in [0.3, 0.4) is 0 Å². The van der Waals surface area contributed by atoms with Gasteiger partial charge in [0.1, 0.15) is 12.3 Å². The molecule has 1 heterocycles. The van der Waals surface area contributed by atoms with E-state index in [0.717, 1.165) is 53.4 Å². The summed E-state index contributed by atoms with van der Waals surface area (Å²) in [6.45, 7) is -12.7. The lowest BCUT2D eigenvalue weighted by molar-refractivity contribution is -0.137. The smallest absolute Gasteiger partial charge is 0.336 e. The molecule has 0 bridgehead atoms. The van der Waals surface area contributed by atoms with Crippen LogP contribution in [0.25, 0.3) is 11.1 Å². The van der Waals surface area contributed by atoms with Crippen molar-refractivity contribution in [3.63, 3.8) is 0 Å². The van der Waals surface area contributed by atoms with Gasteiger partial charge in [-0.25, -0.2) is 4.39 Å². The quantitative estimate of drug-likeness (QED) is 0.0824. The first-order valence-electron chi connectivity index (χ1n) is 23.8. The van der Waals surface area contributed by atoms with Crippen molar-refractivity contribution in [2.75, 3.05) is 26.1 Å². The van der Waals surface area contributed by atoms with Crippen LogP contribution in [0.2, 0.25) is 0 Å². The fourth-order valence-electron chi connectivity index (χ4n) is 4.24. The molecule has 1 amide bonds. The molecule has 3 aromatic carbocycles. The summed E-state index contributed by atoms with van der Waals surface area (Å²) in [5.41, 5.74) is -10.7. The van der Waals surface area contributed by atoms with Gasteiger partial charge in [-0.1, -0.05) is 81.0 Å². The molecule has 6 nitrogen and oxygen atoms in total. The van der Waals surface area contributed by atoms with Crippen molar-refractivity contribution in [3.8, 4) is 11.1 Å². The Morgan fingerprint density at radius 1 is 1.02 bits per heavy atom. The van der Waals surface area contributed by atoms with Gasteiger partial charge in [0.05, 0.1) is 19.3 Å². The molecule has 0 radical (unpaired) electrons. The van der Waals surface area contributed by atoms with Gasteiger partial charge in [-0.05, 0) is 78.2 Å². The molecule has 1 aliphatic rings. The minimum Gasteiger partial charge on any atom is -0.336 e. The molecule has 0 saturated heterocycles. The van der Waals surface area contributed by atoms with E-state index in [1.165, 1.54) is 13.8 Å². The number of alkyl halides is 3. The lowest BCUT2D eigenvalue weighted by Crippen LogP contribution is -2.40. The van der Waals surface area contributed by atoms with Gasteiger partial charge in [0.15, 0.2) is 5.16 Å². The second-order valence-corrected chi connectivity index (χ2v) is 10.7. The van der Waals surface area contributed by atoms with E-state index in [9.17, 15) is 30.6 Å². The van der Waals surface area contributed by atoms with Gasteiger partial charge in [-0.2, -0.15) is 18.2 Å². The van der Waals surface area contributed by atoms with Crippen molar-refractivity contribution in [1.29, 1.82) is 0 Å². The van der Waals surface area contributed by atoms with Gasteiger partial charge >= 0.3 is 6.18 Å². The zero-order chi connectivity index (χ0) is 51.4. The Balaban J connectivity index is 1.85. The van der Waals surface area contributed by atoms with Gasteiger partial charge in [-0.3, -0.25) is 9.59 Å². The van der Waals surface area contributed by atoms with Crippen molar-refractivity contribution >= 4 is 17.7 Å². The lowest BCUT2D eigenvalue weighted by atomic mass is 10.0. The summed E-state index contributed by atoms with van der Waals surface area (Å²) in [6, 6.07) is 2.45. The van der Waals surface area contributed by atoms with Crippen molar-refractivity contribution in [2.45, 2.75) is 63.5 Å². The number of rotatable bonds is 13. The highest BCUT2D eigenvalue weighted by Gasteiger charge is 2.30. The van der Waals surface area contributed by atoms with Crippen LogP contribution in [0.4, 0.5) is 17.6 Å². The van der Waals surface area contributed by atoms with Crippen LogP contribution in [0, 0.1) is 11.7 Å². The summed E-state index contributed by atoms with van der Waals surface area (Å²) in [7, 11) is 0. The third-order valence-electron chi connectivity index (χ3n) is 6.69. The summed E-state index contributed by atoms with van der Waals surface area (Å²) >= 11 is -0.492. The minimum atomic E-state index is -4.68. The van der Waals surface area contributed by atoms with Crippen LogP contribution in [-0.4, -0.2) is 51.3 Å². The largest absolute Gasteiger partial charge is 0.416 e. The minimum absolute atomic E-state index is 0.159. The molecule has 5 rings (SSSR count). The highest BCUT2D eigenvalue weighted by atomic mass is 32.2. The fraction of sp³-hybridized carbons (Fsp3) is 0.378. The molecule has 48 heavy (non-hydrogen) atoms. The van der Waals surface area contributed by atoms with Gasteiger partial charge in [0.25, 0.3) is 5.56 Å². The Morgan fingerprint density at radius 3 is 2.25 bits per heavy atom. The van der Waals surface area contributed by atoms with E-state index in [0.29, 0.717) is 6.92 Å². The van der Waals surface area contributed by atoms with Crippen molar-refractivity contribution in [3.05, 3.63) is 117 Å². The Morgan fingerprint density at radius 2 is 1.65 bits per heavy atom. The van der Waals surface area contributed by atoms with E-state index >= 15 is 4.79 Å². The Hall–Kier alpha value is -3.96. The number of halogens is 4. The van der Waals surface area contributed by atoms with Gasteiger partial charge in [0.2, 0.25) is 5.91 Å². The summed E-state index contributed by atoms with van der Waals surface area (Å²) in [6.07, 6.45) is -11.7. The zero-order valence-corrected chi connectivity index (χ0v) is 26.4. The second kappa shape index (κ2) is 15.5. The van der Waals surface area contributed by atoms with E-state index in [1.807, 2.05) is 0 Å². The lowest BCUT2D eigenvalue weighted by Gasteiger charge is -2.28. The van der Waals surface area contributed by atoms with Crippen molar-refractivity contribution < 1.29 is 48.4 Å². The highest BCUT2D eigenvalue weighted by Crippen LogP contribution is 2.32. The van der Waals surface area contributed by atoms with E-state index in [1.54, 1.807) is 0 Å². The number of carbonyl (C=O) groups is 1. The van der Waals surface area contributed by atoms with Crippen molar-refractivity contribution in [2.24, 2.45) is 5.89 Å². The molecule has 0 aliphatic heterocycles. The number of hydrogen-bond donors (Lipinski definition) is 0. The van der Waals surface area contributed by atoms with Crippen molar-refractivity contribution in [1.82, 2.24) is 19.4 Å². The van der Waals surface area contributed by atoms with Gasteiger partial charge < -0.3 is 14.4 Å². The number of aromatic nitrogens is 2. The summed E-state index contributed by atoms with van der Waals surface area (Å²) in [4.78, 5) is 32.9. The summed E-state index contributed by atoms with van der Waals surface area (Å²) in [5, 5.41) is -1.46. The number of amides is 1. The predicted octanol–water partition coefficient (Wildman–Crippen LogP) is 7.47. The van der Waals surface area contributed by atoms with Crippen LogP contribution in [0.5, 0.6) is 0 Å². The third kappa shape index (κ3) is 8.73. The van der Waals surface area contributed by atoms with E-state index in [-0.39, 0.29) is 28.8 Å². The first-order chi connectivity index (χ1) is 30.3. The maximum absolute atomic E-state index is 15.3. The van der Waals surface area contributed by atoms with E-state index in [4.69, 9.17) is 17.8 Å². The number of likely N-dealkylation sites (N-methyl/N-ethyl adjacent to an activating group) is 1. The molecule has 1 unspecified atom stereocenters. The van der Waals surface area contributed by atoms with Gasteiger partial charge in [0, 0.05) is 48.8 Å². The van der Waals surface area contributed by atoms with Crippen LogP contribution < -0.4 is 5.56 Å². The molecule has 4 aromatic rings. The molecule has 11 heteroatoms. The maximum Gasteiger partial charge on any atom is 0.416 e. The highest BCUT2D eigenvalue weighted by molar-refractivity contribution is 7.98. The van der Waals surface area contributed by atoms with Crippen LogP contribution in [0.15, 0.2) is 82.7 Å².